The molecule has 0 spiro atoms. The number of phenols is 1. The number of halogens is 1. The number of methoxy groups -OCH3 is 2. The second-order valence-electron chi connectivity index (χ2n) is 6.09. The maximum Gasteiger partial charge on any atom is 0.172 e. The van der Waals surface area contributed by atoms with Gasteiger partial charge >= 0.3 is 0 Å². The van der Waals surface area contributed by atoms with Crippen LogP contribution in [0.4, 0.5) is 5.69 Å². The van der Waals surface area contributed by atoms with Crippen LogP contribution < -0.4 is 14.4 Å². The van der Waals surface area contributed by atoms with E-state index >= 15 is 0 Å². The summed E-state index contributed by atoms with van der Waals surface area (Å²) in [6, 6.07) is 12.1. The Morgan fingerprint density at radius 3 is 2.28 bits per heavy atom. The monoisotopic (exact) mass is 406 g/mol. The third-order valence-corrected chi connectivity index (χ3v) is 5.13. The Kier molecular flexibility index (Phi) is 5.71. The highest BCUT2D eigenvalue weighted by atomic mass is 79.9. The predicted octanol–water partition coefficient (Wildman–Crippen LogP) is 3.49. The summed E-state index contributed by atoms with van der Waals surface area (Å²) in [6.07, 6.45) is 0. The summed E-state index contributed by atoms with van der Waals surface area (Å²) in [7, 11) is 3.25. The van der Waals surface area contributed by atoms with Crippen LogP contribution in [0.15, 0.2) is 40.9 Å². The first kappa shape index (κ1) is 17.9. The lowest BCUT2D eigenvalue weighted by molar-refractivity contribution is 0.249. The molecule has 0 unspecified atom stereocenters. The molecule has 0 aromatic heterocycles. The summed E-state index contributed by atoms with van der Waals surface area (Å²) in [4.78, 5) is 4.81. The molecule has 0 radical (unpaired) electrons. The van der Waals surface area contributed by atoms with Crippen LogP contribution >= 0.6 is 15.9 Å². The third-order valence-electron chi connectivity index (χ3n) is 4.52. The summed E-state index contributed by atoms with van der Waals surface area (Å²) in [6.45, 7) is 4.80. The van der Waals surface area contributed by atoms with E-state index in [1.165, 1.54) is 5.69 Å². The van der Waals surface area contributed by atoms with Gasteiger partial charge in [0.1, 0.15) is 5.75 Å². The quantitative estimate of drug-likeness (QED) is 0.822. The Morgan fingerprint density at radius 1 is 1.00 bits per heavy atom. The van der Waals surface area contributed by atoms with E-state index < -0.39 is 0 Å². The highest BCUT2D eigenvalue weighted by Crippen LogP contribution is 2.35. The first-order valence-corrected chi connectivity index (χ1v) is 9.06. The number of hydrogen-bond acceptors (Lipinski definition) is 5. The molecule has 1 aliphatic heterocycles. The first-order valence-electron chi connectivity index (χ1n) is 8.27. The Balaban J connectivity index is 1.60. The van der Waals surface area contributed by atoms with Crippen LogP contribution in [0.2, 0.25) is 0 Å². The minimum Gasteiger partial charge on any atom is -0.503 e. The molecule has 6 heteroatoms. The van der Waals surface area contributed by atoms with Gasteiger partial charge in [0.2, 0.25) is 0 Å². The number of ether oxygens (including phenoxy) is 2. The smallest absolute Gasteiger partial charge is 0.172 e. The van der Waals surface area contributed by atoms with Crippen LogP contribution in [0.5, 0.6) is 17.2 Å². The minimum absolute atomic E-state index is 0.149. The number of nitrogens with zero attached hydrogens (tertiary/aromatic N) is 2. The first-order chi connectivity index (χ1) is 12.1. The van der Waals surface area contributed by atoms with Crippen molar-refractivity contribution in [3.63, 3.8) is 0 Å². The van der Waals surface area contributed by atoms with Crippen LogP contribution in [0, 0.1) is 0 Å². The zero-order valence-corrected chi connectivity index (χ0v) is 16.1. The lowest BCUT2D eigenvalue weighted by atomic mass is 10.1. The van der Waals surface area contributed by atoms with Crippen molar-refractivity contribution in [1.29, 1.82) is 0 Å². The molecule has 2 aromatic carbocycles. The lowest BCUT2D eigenvalue weighted by Gasteiger charge is -2.36. The summed E-state index contributed by atoms with van der Waals surface area (Å²) in [5.41, 5.74) is 2.36. The molecule has 1 aliphatic rings. The van der Waals surface area contributed by atoms with Gasteiger partial charge in [-0.25, -0.2) is 0 Å². The van der Waals surface area contributed by atoms with Crippen molar-refractivity contribution in [3.8, 4) is 17.2 Å². The molecule has 1 fully saturated rings. The molecule has 0 aliphatic carbocycles. The predicted molar refractivity (Wildman–Crippen MR) is 103 cm³/mol. The number of piperazine rings is 1. The van der Waals surface area contributed by atoms with Gasteiger partial charge in [-0.2, -0.15) is 0 Å². The molecular formula is C19H23BrN2O3. The molecule has 25 heavy (non-hydrogen) atoms. The molecule has 1 saturated heterocycles. The normalized spacial score (nSPS) is 15.2. The second-order valence-corrected chi connectivity index (χ2v) is 6.94. The van der Waals surface area contributed by atoms with Gasteiger partial charge in [0, 0.05) is 38.4 Å². The molecule has 134 valence electrons. The third kappa shape index (κ3) is 4.19. The summed E-state index contributed by atoms with van der Waals surface area (Å²) in [5, 5.41) is 9.92. The van der Waals surface area contributed by atoms with Gasteiger partial charge in [-0.15, -0.1) is 0 Å². The van der Waals surface area contributed by atoms with E-state index in [1.54, 1.807) is 14.2 Å². The number of rotatable bonds is 5. The molecule has 0 atom stereocenters. The fourth-order valence-corrected chi connectivity index (χ4v) is 3.58. The van der Waals surface area contributed by atoms with Crippen LogP contribution in [0.3, 0.4) is 0 Å². The van der Waals surface area contributed by atoms with Crippen LogP contribution in [0.1, 0.15) is 5.56 Å². The highest BCUT2D eigenvalue weighted by molar-refractivity contribution is 9.10. The van der Waals surface area contributed by atoms with Gasteiger partial charge in [0.05, 0.1) is 18.7 Å². The van der Waals surface area contributed by atoms with E-state index in [4.69, 9.17) is 9.47 Å². The van der Waals surface area contributed by atoms with Crippen molar-refractivity contribution >= 4 is 21.6 Å². The SMILES string of the molecule is COc1ccc(N2CCN(Cc3cc(Br)c(O)c(OC)c3)CC2)cc1. The van der Waals surface area contributed by atoms with E-state index in [2.05, 4.69) is 37.9 Å². The summed E-state index contributed by atoms with van der Waals surface area (Å²) >= 11 is 3.39. The molecule has 3 rings (SSSR count). The van der Waals surface area contributed by atoms with Gasteiger partial charge in [-0.1, -0.05) is 0 Å². The Morgan fingerprint density at radius 2 is 1.68 bits per heavy atom. The summed E-state index contributed by atoms with van der Waals surface area (Å²) < 4.78 is 11.1. The van der Waals surface area contributed by atoms with Crippen molar-refractivity contribution in [1.82, 2.24) is 4.90 Å². The molecule has 5 nitrogen and oxygen atoms in total. The van der Waals surface area contributed by atoms with Crippen molar-refractivity contribution in [2.45, 2.75) is 6.54 Å². The fraction of sp³-hybridized carbons (Fsp3) is 0.368. The fourth-order valence-electron chi connectivity index (χ4n) is 3.09. The standard InChI is InChI=1S/C19H23BrN2O3/c1-24-16-5-3-15(4-6-16)22-9-7-21(8-10-22)13-14-11-17(20)19(23)18(12-14)25-2/h3-6,11-12,23H,7-10,13H2,1-2H3. The van der Waals surface area contributed by atoms with Crippen molar-refractivity contribution < 1.29 is 14.6 Å². The Labute approximate surface area is 156 Å². The minimum atomic E-state index is 0.149. The molecule has 1 heterocycles. The average Bonchev–Trinajstić information content (AvgIpc) is 2.65. The van der Waals surface area contributed by atoms with E-state index in [0.717, 1.165) is 44.0 Å². The van der Waals surface area contributed by atoms with Gasteiger partial charge < -0.3 is 19.5 Å². The van der Waals surface area contributed by atoms with E-state index in [0.29, 0.717) is 10.2 Å². The number of anilines is 1. The maximum absolute atomic E-state index is 9.92. The van der Waals surface area contributed by atoms with Crippen LogP contribution in [-0.4, -0.2) is 50.4 Å². The van der Waals surface area contributed by atoms with Gasteiger partial charge in [-0.05, 0) is 57.9 Å². The maximum atomic E-state index is 9.92. The number of aromatic hydroxyl groups is 1. The number of hydrogen-bond donors (Lipinski definition) is 1. The largest absolute Gasteiger partial charge is 0.503 e. The van der Waals surface area contributed by atoms with E-state index in [-0.39, 0.29) is 5.75 Å². The second kappa shape index (κ2) is 7.97. The van der Waals surface area contributed by atoms with Gasteiger partial charge in [0.15, 0.2) is 11.5 Å². The van der Waals surface area contributed by atoms with Crippen molar-refractivity contribution in [2.24, 2.45) is 0 Å². The summed E-state index contributed by atoms with van der Waals surface area (Å²) in [5.74, 6) is 1.53. The van der Waals surface area contributed by atoms with E-state index in [9.17, 15) is 5.11 Å². The zero-order chi connectivity index (χ0) is 17.8. The van der Waals surface area contributed by atoms with E-state index in [1.807, 2.05) is 24.3 Å². The topological polar surface area (TPSA) is 45.2 Å². The van der Waals surface area contributed by atoms with Crippen molar-refractivity contribution in [2.75, 3.05) is 45.3 Å². The molecule has 1 N–H and O–H groups in total. The molecule has 2 aromatic rings. The number of benzene rings is 2. The Bertz CT molecular complexity index is 713. The highest BCUT2D eigenvalue weighted by Gasteiger charge is 2.18. The van der Waals surface area contributed by atoms with Crippen molar-refractivity contribution in [3.05, 3.63) is 46.4 Å². The van der Waals surface area contributed by atoms with Gasteiger partial charge in [0.25, 0.3) is 0 Å². The lowest BCUT2D eigenvalue weighted by Crippen LogP contribution is -2.45. The average molecular weight is 407 g/mol. The van der Waals surface area contributed by atoms with Gasteiger partial charge in [-0.3, -0.25) is 4.90 Å². The zero-order valence-electron chi connectivity index (χ0n) is 14.5. The molecule has 0 amide bonds. The molecule has 0 bridgehead atoms. The Hall–Kier alpha value is -1.92. The van der Waals surface area contributed by atoms with Crippen LogP contribution in [0.25, 0.3) is 0 Å². The molecule has 0 saturated carbocycles. The molecular weight excluding hydrogens is 384 g/mol. The van der Waals surface area contributed by atoms with Crippen LogP contribution in [-0.2, 0) is 6.54 Å². The number of phenolic OH excluding ortho intramolecular Hbond substituents is 1.